The highest BCUT2D eigenvalue weighted by atomic mass is 16.5. The third kappa shape index (κ3) is 3.75. The topological polar surface area (TPSA) is 58.5 Å². The summed E-state index contributed by atoms with van der Waals surface area (Å²) in [6.45, 7) is 6.67. The molecule has 0 aliphatic carbocycles. The summed E-state index contributed by atoms with van der Waals surface area (Å²) in [5.74, 6) is 0.834. The van der Waals surface area contributed by atoms with Gasteiger partial charge in [-0.1, -0.05) is 0 Å². The molecule has 1 N–H and O–H groups in total. The van der Waals surface area contributed by atoms with Crippen molar-refractivity contribution in [2.24, 2.45) is 0 Å². The fraction of sp³-hybridized carbons (Fsp3) is 0.636. The Kier molecular flexibility index (Phi) is 5.74. The van der Waals surface area contributed by atoms with Crippen LogP contribution in [0, 0.1) is 0 Å². The first kappa shape index (κ1) is 12.9. The van der Waals surface area contributed by atoms with Crippen molar-refractivity contribution >= 4 is 5.82 Å². The molecule has 0 unspecified atom stereocenters. The Balaban J connectivity index is 2.71. The molecule has 0 aromatic carbocycles. The van der Waals surface area contributed by atoms with E-state index < -0.39 is 0 Å². The standard InChI is InChI=1S/C11H19N3O2/c1-3-14(5-6-15)11-7-10(8-16-4-2)12-9-13-11/h7,9,15H,3-6,8H2,1-2H3. The molecule has 0 spiro atoms. The Morgan fingerprint density at radius 2 is 2.19 bits per heavy atom. The molecule has 0 fully saturated rings. The zero-order valence-electron chi connectivity index (χ0n) is 9.89. The Bertz CT molecular complexity index is 307. The number of likely N-dealkylation sites (N-methyl/N-ethyl adjacent to an activating group) is 1. The van der Waals surface area contributed by atoms with Gasteiger partial charge in [0.25, 0.3) is 0 Å². The molecule has 0 saturated carbocycles. The van der Waals surface area contributed by atoms with E-state index in [1.165, 1.54) is 6.33 Å². The molecule has 0 amide bonds. The number of anilines is 1. The summed E-state index contributed by atoms with van der Waals surface area (Å²) in [5, 5.41) is 8.93. The van der Waals surface area contributed by atoms with Gasteiger partial charge in [0.05, 0.1) is 18.9 Å². The minimum absolute atomic E-state index is 0.124. The molecular weight excluding hydrogens is 206 g/mol. The van der Waals surface area contributed by atoms with E-state index in [0.29, 0.717) is 19.8 Å². The van der Waals surface area contributed by atoms with Crippen LogP contribution in [-0.2, 0) is 11.3 Å². The fourth-order valence-electron chi connectivity index (χ4n) is 1.40. The van der Waals surface area contributed by atoms with Gasteiger partial charge in [0.1, 0.15) is 12.1 Å². The maximum atomic E-state index is 8.93. The molecule has 0 bridgehead atoms. The lowest BCUT2D eigenvalue weighted by Gasteiger charge is -2.20. The summed E-state index contributed by atoms with van der Waals surface area (Å²) in [4.78, 5) is 10.3. The number of hydrogen-bond donors (Lipinski definition) is 1. The zero-order chi connectivity index (χ0) is 11.8. The molecule has 0 radical (unpaired) electrons. The second-order valence-corrected chi connectivity index (χ2v) is 3.31. The van der Waals surface area contributed by atoms with Gasteiger partial charge in [0, 0.05) is 25.8 Å². The van der Waals surface area contributed by atoms with E-state index in [9.17, 15) is 0 Å². The van der Waals surface area contributed by atoms with Crippen LogP contribution in [0.4, 0.5) is 5.82 Å². The van der Waals surface area contributed by atoms with Crippen molar-refractivity contribution < 1.29 is 9.84 Å². The molecule has 0 saturated heterocycles. The van der Waals surface area contributed by atoms with E-state index in [2.05, 4.69) is 9.97 Å². The van der Waals surface area contributed by atoms with Gasteiger partial charge >= 0.3 is 0 Å². The molecule has 1 rings (SSSR count). The molecule has 5 nitrogen and oxygen atoms in total. The summed E-state index contributed by atoms with van der Waals surface area (Å²) >= 11 is 0. The smallest absolute Gasteiger partial charge is 0.132 e. The molecule has 1 aromatic rings. The molecule has 0 aliphatic heterocycles. The molecule has 1 aromatic heterocycles. The average Bonchev–Trinajstić information content (AvgIpc) is 2.33. The number of nitrogens with zero attached hydrogens (tertiary/aromatic N) is 3. The van der Waals surface area contributed by atoms with Crippen molar-refractivity contribution in [1.29, 1.82) is 0 Å². The van der Waals surface area contributed by atoms with Crippen LogP contribution in [-0.4, -0.2) is 41.4 Å². The van der Waals surface area contributed by atoms with Crippen molar-refractivity contribution in [3.63, 3.8) is 0 Å². The Morgan fingerprint density at radius 1 is 1.38 bits per heavy atom. The van der Waals surface area contributed by atoms with Gasteiger partial charge < -0.3 is 14.7 Å². The van der Waals surface area contributed by atoms with Gasteiger partial charge in [-0.05, 0) is 13.8 Å². The molecule has 5 heteroatoms. The maximum Gasteiger partial charge on any atom is 0.132 e. The van der Waals surface area contributed by atoms with E-state index in [-0.39, 0.29) is 6.61 Å². The molecule has 0 atom stereocenters. The summed E-state index contributed by atoms with van der Waals surface area (Å²) in [6.07, 6.45) is 1.53. The van der Waals surface area contributed by atoms with Gasteiger partial charge in [-0.15, -0.1) is 0 Å². The van der Waals surface area contributed by atoms with Crippen LogP contribution < -0.4 is 4.90 Å². The van der Waals surface area contributed by atoms with Crippen molar-refractivity contribution in [3.05, 3.63) is 18.1 Å². The second-order valence-electron chi connectivity index (χ2n) is 3.31. The number of rotatable bonds is 7. The third-order valence-electron chi connectivity index (χ3n) is 2.24. The number of hydrogen-bond acceptors (Lipinski definition) is 5. The molecular formula is C11H19N3O2. The first-order valence-corrected chi connectivity index (χ1v) is 5.56. The predicted octanol–water partition coefficient (Wildman–Crippen LogP) is 0.832. The Morgan fingerprint density at radius 3 is 2.81 bits per heavy atom. The highest BCUT2D eigenvalue weighted by Gasteiger charge is 2.06. The third-order valence-corrected chi connectivity index (χ3v) is 2.24. The normalized spacial score (nSPS) is 10.4. The van der Waals surface area contributed by atoms with Crippen LogP contribution >= 0.6 is 0 Å². The monoisotopic (exact) mass is 225 g/mol. The SMILES string of the molecule is CCOCc1cc(N(CC)CCO)ncn1. The van der Waals surface area contributed by atoms with Crippen LogP contribution in [0.15, 0.2) is 12.4 Å². The summed E-state index contributed by atoms with van der Waals surface area (Å²) < 4.78 is 5.29. The van der Waals surface area contributed by atoms with Gasteiger partial charge in [-0.25, -0.2) is 9.97 Å². The van der Waals surface area contributed by atoms with E-state index >= 15 is 0 Å². The van der Waals surface area contributed by atoms with Crippen molar-refractivity contribution in [2.75, 3.05) is 31.2 Å². The van der Waals surface area contributed by atoms with Crippen LogP contribution in [0.3, 0.4) is 0 Å². The molecule has 0 aliphatic rings. The highest BCUT2D eigenvalue weighted by Crippen LogP contribution is 2.10. The number of ether oxygens (including phenoxy) is 1. The largest absolute Gasteiger partial charge is 0.395 e. The fourth-order valence-corrected chi connectivity index (χ4v) is 1.40. The lowest BCUT2D eigenvalue weighted by Crippen LogP contribution is -2.27. The number of aliphatic hydroxyl groups is 1. The van der Waals surface area contributed by atoms with Gasteiger partial charge in [0.15, 0.2) is 0 Å². The minimum atomic E-state index is 0.124. The van der Waals surface area contributed by atoms with E-state index in [1.807, 2.05) is 24.8 Å². The Hall–Kier alpha value is -1.20. The maximum absolute atomic E-state index is 8.93. The van der Waals surface area contributed by atoms with Gasteiger partial charge in [-0.3, -0.25) is 0 Å². The predicted molar refractivity (Wildman–Crippen MR) is 62.3 cm³/mol. The average molecular weight is 225 g/mol. The summed E-state index contributed by atoms with van der Waals surface area (Å²) in [7, 11) is 0. The van der Waals surface area contributed by atoms with Crippen molar-refractivity contribution in [2.45, 2.75) is 20.5 Å². The highest BCUT2D eigenvalue weighted by molar-refractivity contribution is 5.38. The lowest BCUT2D eigenvalue weighted by atomic mass is 10.3. The number of aliphatic hydroxyl groups excluding tert-OH is 1. The first-order chi connectivity index (χ1) is 7.81. The molecule has 1 heterocycles. The molecule has 16 heavy (non-hydrogen) atoms. The summed E-state index contributed by atoms with van der Waals surface area (Å²) in [5.41, 5.74) is 0.864. The van der Waals surface area contributed by atoms with Crippen LogP contribution in [0.2, 0.25) is 0 Å². The zero-order valence-corrected chi connectivity index (χ0v) is 9.89. The van der Waals surface area contributed by atoms with Gasteiger partial charge in [0.2, 0.25) is 0 Å². The second kappa shape index (κ2) is 7.14. The van der Waals surface area contributed by atoms with Gasteiger partial charge in [-0.2, -0.15) is 0 Å². The van der Waals surface area contributed by atoms with E-state index in [4.69, 9.17) is 9.84 Å². The summed E-state index contributed by atoms with van der Waals surface area (Å²) in [6, 6.07) is 1.90. The van der Waals surface area contributed by atoms with E-state index in [0.717, 1.165) is 18.1 Å². The van der Waals surface area contributed by atoms with Crippen molar-refractivity contribution in [1.82, 2.24) is 9.97 Å². The van der Waals surface area contributed by atoms with Crippen molar-refractivity contribution in [3.8, 4) is 0 Å². The number of aromatic nitrogens is 2. The Labute approximate surface area is 96.1 Å². The van der Waals surface area contributed by atoms with Crippen LogP contribution in [0.5, 0.6) is 0 Å². The molecule has 90 valence electrons. The van der Waals surface area contributed by atoms with E-state index in [1.54, 1.807) is 0 Å². The van der Waals surface area contributed by atoms with Crippen LogP contribution in [0.25, 0.3) is 0 Å². The quantitative estimate of drug-likeness (QED) is 0.745. The lowest BCUT2D eigenvalue weighted by molar-refractivity contribution is 0.131. The first-order valence-electron chi connectivity index (χ1n) is 5.56. The van der Waals surface area contributed by atoms with Crippen LogP contribution in [0.1, 0.15) is 19.5 Å². The minimum Gasteiger partial charge on any atom is -0.395 e.